The minimum Gasteiger partial charge on any atom is -0.355 e. The predicted molar refractivity (Wildman–Crippen MR) is 99.6 cm³/mol. The first-order valence-corrected chi connectivity index (χ1v) is 8.30. The summed E-state index contributed by atoms with van der Waals surface area (Å²) in [6.07, 6.45) is 0. The Morgan fingerprint density at radius 3 is 1.96 bits per heavy atom. The van der Waals surface area contributed by atoms with E-state index in [2.05, 4.69) is 10.6 Å². The summed E-state index contributed by atoms with van der Waals surface area (Å²) in [5.74, 6) is -0.320. The number of carbonyl (C=O) groups excluding carboxylic acids is 3. The van der Waals surface area contributed by atoms with Crippen LogP contribution >= 0.6 is 0 Å². The maximum absolute atomic E-state index is 12.5. The van der Waals surface area contributed by atoms with Crippen LogP contribution in [0.2, 0.25) is 0 Å². The van der Waals surface area contributed by atoms with Gasteiger partial charge in [0.25, 0.3) is 11.8 Å². The van der Waals surface area contributed by atoms with Gasteiger partial charge in [-0.15, -0.1) is 0 Å². The molecule has 0 aliphatic rings. The summed E-state index contributed by atoms with van der Waals surface area (Å²) in [5.41, 5.74) is 3.04. The second-order valence-corrected chi connectivity index (χ2v) is 6.04. The van der Waals surface area contributed by atoms with Crippen molar-refractivity contribution in [2.45, 2.75) is 20.0 Å². The Bertz CT molecular complexity index is 783. The molecule has 2 rings (SSSR count). The molecule has 0 aliphatic heterocycles. The zero-order valence-electron chi connectivity index (χ0n) is 15.2. The topological polar surface area (TPSA) is 78.5 Å². The standard InChI is InChI=1S/C20H23N3O3/c1-14(24)22-12-15-4-10-18(11-5-15)20(26)23(3)13-16-6-8-17(9-7-16)19(25)21-2/h4-11H,12-13H2,1-3H3,(H,21,25)(H,22,24). The fourth-order valence-corrected chi connectivity index (χ4v) is 2.46. The molecule has 2 aromatic rings. The summed E-state index contributed by atoms with van der Waals surface area (Å²) in [6.45, 7) is 2.35. The predicted octanol–water partition coefficient (Wildman–Crippen LogP) is 1.95. The molecule has 0 saturated heterocycles. The lowest BCUT2D eigenvalue weighted by atomic mass is 10.1. The van der Waals surface area contributed by atoms with Gasteiger partial charge in [0.2, 0.25) is 5.91 Å². The SMILES string of the molecule is CNC(=O)c1ccc(CN(C)C(=O)c2ccc(CNC(C)=O)cc2)cc1. The molecular weight excluding hydrogens is 330 g/mol. The molecular formula is C20H23N3O3. The minimum absolute atomic E-state index is 0.0904. The van der Waals surface area contributed by atoms with Crippen molar-refractivity contribution in [2.75, 3.05) is 14.1 Å². The van der Waals surface area contributed by atoms with E-state index in [0.29, 0.717) is 24.2 Å². The fraction of sp³-hybridized carbons (Fsp3) is 0.250. The smallest absolute Gasteiger partial charge is 0.253 e. The number of hydrogen-bond acceptors (Lipinski definition) is 3. The number of nitrogens with zero attached hydrogens (tertiary/aromatic N) is 1. The van der Waals surface area contributed by atoms with Crippen LogP contribution in [0.15, 0.2) is 48.5 Å². The second kappa shape index (κ2) is 8.80. The van der Waals surface area contributed by atoms with E-state index in [0.717, 1.165) is 11.1 Å². The quantitative estimate of drug-likeness (QED) is 0.833. The van der Waals surface area contributed by atoms with E-state index in [-0.39, 0.29) is 17.7 Å². The van der Waals surface area contributed by atoms with E-state index < -0.39 is 0 Å². The van der Waals surface area contributed by atoms with Crippen LogP contribution in [-0.4, -0.2) is 36.7 Å². The summed E-state index contributed by atoms with van der Waals surface area (Å²) in [4.78, 5) is 36.7. The van der Waals surface area contributed by atoms with E-state index in [4.69, 9.17) is 0 Å². The second-order valence-electron chi connectivity index (χ2n) is 6.04. The molecule has 0 radical (unpaired) electrons. The Morgan fingerprint density at radius 2 is 1.42 bits per heavy atom. The highest BCUT2D eigenvalue weighted by Gasteiger charge is 2.12. The third kappa shape index (κ3) is 5.17. The Labute approximate surface area is 153 Å². The summed E-state index contributed by atoms with van der Waals surface area (Å²) in [7, 11) is 3.32. The van der Waals surface area contributed by atoms with Crippen LogP contribution in [0, 0.1) is 0 Å². The van der Waals surface area contributed by atoms with E-state index in [1.807, 2.05) is 24.3 Å². The minimum atomic E-state index is -0.139. The molecule has 2 aromatic carbocycles. The van der Waals surface area contributed by atoms with Crippen LogP contribution in [0.25, 0.3) is 0 Å². The summed E-state index contributed by atoms with van der Waals surface area (Å²) in [5, 5.41) is 5.29. The molecule has 6 nitrogen and oxygen atoms in total. The lowest BCUT2D eigenvalue weighted by molar-refractivity contribution is -0.119. The molecule has 0 heterocycles. The largest absolute Gasteiger partial charge is 0.355 e. The first-order chi connectivity index (χ1) is 12.4. The number of rotatable bonds is 6. The number of benzene rings is 2. The molecule has 0 bridgehead atoms. The molecule has 0 saturated carbocycles. The maximum Gasteiger partial charge on any atom is 0.253 e. The molecule has 0 spiro atoms. The summed E-state index contributed by atoms with van der Waals surface area (Å²) < 4.78 is 0. The van der Waals surface area contributed by atoms with Crippen LogP contribution in [-0.2, 0) is 17.9 Å². The highest BCUT2D eigenvalue weighted by molar-refractivity contribution is 5.94. The average molecular weight is 353 g/mol. The molecule has 0 fully saturated rings. The first-order valence-electron chi connectivity index (χ1n) is 8.30. The van der Waals surface area contributed by atoms with Crippen molar-refractivity contribution in [3.8, 4) is 0 Å². The molecule has 6 heteroatoms. The Morgan fingerprint density at radius 1 is 0.885 bits per heavy atom. The van der Waals surface area contributed by atoms with Crippen LogP contribution in [0.4, 0.5) is 0 Å². The highest BCUT2D eigenvalue weighted by Crippen LogP contribution is 2.11. The van der Waals surface area contributed by atoms with Gasteiger partial charge in [-0.1, -0.05) is 24.3 Å². The number of nitrogens with one attached hydrogen (secondary N) is 2. The monoisotopic (exact) mass is 353 g/mol. The Hall–Kier alpha value is -3.15. The van der Waals surface area contributed by atoms with Gasteiger partial charge >= 0.3 is 0 Å². The summed E-state index contributed by atoms with van der Waals surface area (Å²) in [6, 6.07) is 14.3. The lowest BCUT2D eigenvalue weighted by Gasteiger charge is -2.18. The van der Waals surface area contributed by atoms with Crippen LogP contribution < -0.4 is 10.6 Å². The molecule has 0 atom stereocenters. The lowest BCUT2D eigenvalue weighted by Crippen LogP contribution is -2.26. The summed E-state index contributed by atoms with van der Waals surface area (Å²) >= 11 is 0. The maximum atomic E-state index is 12.5. The van der Waals surface area contributed by atoms with Crippen molar-refractivity contribution in [1.82, 2.24) is 15.5 Å². The van der Waals surface area contributed by atoms with Gasteiger partial charge < -0.3 is 15.5 Å². The third-order valence-electron chi connectivity index (χ3n) is 3.95. The van der Waals surface area contributed by atoms with Crippen molar-refractivity contribution < 1.29 is 14.4 Å². The molecule has 136 valence electrons. The number of amides is 3. The van der Waals surface area contributed by atoms with Gasteiger partial charge in [0.05, 0.1) is 0 Å². The van der Waals surface area contributed by atoms with Gasteiger partial charge in [0.1, 0.15) is 0 Å². The fourth-order valence-electron chi connectivity index (χ4n) is 2.46. The Balaban J connectivity index is 1.98. The van der Waals surface area contributed by atoms with E-state index in [1.165, 1.54) is 6.92 Å². The normalized spacial score (nSPS) is 10.1. The van der Waals surface area contributed by atoms with Crippen molar-refractivity contribution in [3.05, 3.63) is 70.8 Å². The van der Waals surface area contributed by atoms with Crippen LogP contribution in [0.5, 0.6) is 0 Å². The van der Waals surface area contributed by atoms with Gasteiger partial charge in [-0.25, -0.2) is 0 Å². The van der Waals surface area contributed by atoms with Crippen molar-refractivity contribution in [3.63, 3.8) is 0 Å². The van der Waals surface area contributed by atoms with E-state index in [1.54, 1.807) is 43.3 Å². The van der Waals surface area contributed by atoms with Crippen LogP contribution in [0.3, 0.4) is 0 Å². The number of carbonyl (C=O) groups is 3. The third-order valence-corrected chi connectivity index (χ3v) is 3.95. The molecule has 26 heavy (non-hydrogen) atoms. The van der Waals surface area contributed by atoms with Crippen LogP contribution in [0.1, 0.15) is 38.8 Å². The molecule has 0 aliphatic carbocycles. The van der Waals surface area contributed by atoms with Gasteiger partial charge in [0, 0.05) is 45.2 Å². The zero-order valence-corrected chi connectivity index (χ0v) is 15.2. The number of hydrogen-bond donors (Lipinski definition) is 2. The zero-order chi connectivity index (χ0) is 19.1. The van der Waals surface area contributed by atoms with Gasteiger partial charge in [0.15, 0.2) is 0 Å². The first kappa shape index (κ1) is 19.2. The van der Waals surface area contributed by atoms with E-state index in [9.17, 15) is 14.4 Å². The van der Waals surface area contributed by atoms with E-state index >= 15 is 0 Å². The molecule has 0 unspecified atom stereocenters. The molecule has 0 aromatic heterocycles. The van der Waals surface area contributed by atoms with Gasteiger partial charge in [-0.2, -0.15) is 0 Å². The average Bonchev–Trinajstić information content (AvgIpc) is 2.66. The molecule has 2 N–H and O–H groups in total. The highest BCUT2D eigenvalue weighted by atomic mass is 16.2. The van der Waals surface area contributed by atoms with Crippen molar-refractivity contribution in [1.29, 1.82) is 0 Å². The molecule has 3 amide bonds. The Kier molecular flexibility index (Phi) is 6.49. The van der Waals surface area contributed by atoms with Crippen molar-refractivity contribution in [2.24, 2.45) is 0 Å². The van der Waals surface area contributed by atoms with Crippen molar-refractivity contribution >= 4 is 17.7 Å². The van der Waals surface area contributed by atoms with Gasteiger partial charge in [-0.3, -0.25) is 14.4 Å². The van der Waals surface area contributed by atoms with Gasteiger partial charge in [-0.05, 0) is 35.4 Å².